The summed E-state index contributed by atoms with van der Waals surface area (Å²) in [5.74, 6) is -4.02. The number of imide groups is 1. The number of nitrogens with one attached hydrogen (secondary N) is 1. The number of para-hydroxylation sites is 1. The molecule has 16 heteroatoms. The molecule has 4 heterocycles. The quantitative estimate of drug-likeness (QED) is 0.0757. The Kier molecular flexibility index (Phi) is 20.3. The summed E-state index contributed by atoms with van der Waals surface area (Å²) in [5, 5.41) is 13.1. The maximum Gasteiger partial charge on any atom is 0.269 e. The molecular weight excluding hydrogens is 845 g/mol. The lowest BCUT2D eigenvalue weighted by molar-refractivity contribution is -0.125. The Balaban J connectivity index is 0.000000332. The second kappa shape index (κ2) is 25.5. The molecule has 0 bridgehead atoms. The summed E-state index contributed by atoms with van der Waals surface area (Å²) in [4.78, 5) is 42.5. The van der Waals surface area contributed by atoms with Crippen LogP contribution in [0.4, 0.5) is 14.5 Å². The lowest BCUT2D eigenvalue weighted by Gasteiger charge is -2.42. The number of fused-ring (bicyclic) bond motifs is 1. The van der Waals surface area contributed by atoms with E-state index in [2.05, 4.69) is 33.8 Å². The number of phenolic OH excluding ortho intramolecular Hbond substituents is 1. The number of hydrogen-bond donors (Lipinski definition) is 5. The van der Waals surface area contributed by atoms with Gasteiger partial charge in [-0.3, -0.25) is 19.7 Å². The normalized spacial score (nSPS) is 17.5. The van der Waals surface area contributed by atoms with Crippen molar-refractivity contribution in [1.82, 2.24) is 24.6 Å². The summed E-state index contributed by atoms with van der Waals surface area (Å²) < 4.78 is 38.2. The Labute approximate surface area is 389 Å². The van der Waals surface area contributed by atoms with Gasteiger partial charge in [0.25, 0.3) is 11.8 Å². The molecule has 1 aromatic heterocycles. The Bertz CT molecular complexity index is 2230. The number of piperidine rings is 2. The number of allylic oxidation sites excluding steroid dienone is 1. The van der Waals surface area contributed by atoms with Gasteiger partial charge in [-0.25, -0.2) is 8.78 Å². The van der Waals surface area contributed by atoms with Gasteiger partial charge in [0, 0.05) is 105 Å². The number of phenols is 1. The first-order valence-electron chi connectivity index (χ1n) is 23.1. The van der Waals surface area contributed by atoms with Crippen molar-refractivity contribution in [3.05, 3.63) is 113 Å². The zero-order valence-electron chi connectivity index (χ0n) is 39.5. The molecule has 0 saturated carbocycles. The van der Waals surface area contributed by atoms with Crippen LogP contribution >= 0.6 is 0 Å². The van der Waals surface area contributed by atoms with Gasteiger partial charge in [0.05, 0.1) is 31.0 Å². The summed E-state index contributed by atoms with van der Waals surface area (Å²) in [6.07, 6.45) is 4.34. The molecular formula is C50H71F2N9O5. The Morgan fingerprint density at radius 3 is 2.15 bits per heavy atom. The summed E-state index contributed by atoms with van der Waals surface area (Å²) in [5.41, 5.74) is 22.9. The Morgan fingerprint density at radius 2 is 1.53 bits per heavy atom. The number of likely N-dealkylation sites (tertiary alicyclic amines) is 2. The number of ether oxygens (including phenoxy) is 1. The van der Waals surface area contributed by atoms with Gasteiger partial charge in [-0.05, 0) is 74.7 Å². The van der Waals surface area contributed by atoms with Gasteiger partial charge in [0.1, 0.15) is 11.6 Å². The number of aryl methyl sites for hydroxylation is 1. The first-order chi connectivity index (χ1) is 31.8. The molecule has 360 valence electrons. The molecule has 3 fully saturated rings. The third-order valence-electron chi connectivity index (χ3n) is 12.0. The zero-order chi connectivity index (χ0) is 48.4. The lowest BCUT2D eigenvalue weighted by Crippen LogP contribution is -2.54. The van der Waals surface area contributed by atoms with E-state index in [1.807, 2.05) is 56.7 Å². The summed E-state index contributed by atoms with van der Waals surface area (Å²) >= 11 is 0. The Hall–Kier alpha value is -6.13. The van der Waals surface area contributed by atoms with Gasteiger partial charge in [0.2, 0.25) is 12.3 Å². The van der Waals surface area contributed by atoms with Gasteiger partial charge in [-0.2, -0.15) is 0 Å². The molecule has 7 rings (SSSR count). The van der Waals surface area contributed by atoms with Gasteiger partial charge in [-0.15, -0.1) is 0 Å². The highest BCUT2D eigenvalue weighted by Crippen LogP contribution is 2.38. The number of amides is 3. The number of carbonyl (C=O) groups excluding carboxylic acids is 3. The van der Waals surface area contributed by atoms with Crippen LogP contribution < -0.4 is 27.4 Å². The topological polar surface area (TPSA) is 189 Å². The third-order valence-corrected chi connectivity index (χ3v) is 12.0. The van der Waals surface area contributed by atoms with Crippen LogP contribution in [0.5, 0.6) is 5.75 Å². The zero-order valence-corrected chi connectivity index (χ0v) is 39.5. The SMILES string of the molecule is CC.CC.Cc1cc2c(N(C)CCC(=O)NC=O)cccc2n1C1CCN(CC2CCN(C(=O)c3ccccc3)CC2(F)F)CC1.NC(N)=C(/C=C(\N)c1ccccc1O)N1CCOCC1. The number of hydrogen-bond acceptors (Lipinski definition) is 11. The predicted molar refractivity (Wildman–Crippen MR) is 260 cm³/mol. The average molecular weight is 916 g/mol. The average Bonchev–Trinajstić information content (AvgIpc) is 3.68. The monoisotopic (exact) mass is 916 g/mol. The van der Waals surface area contributed by atoms with Crippen LogP contribution in [0.15, 0.2) is 96.5 Å². The summed E-state index contributed by atoms with van der Waals surface area (Å²) in [7, 11) is 1.94. The van der Waals surface area contributed by atoms with Crippen LogP contribution in [0, 0.1) is 12.8 Å². The molecule has 8 N–H and O–H groups in total. The van der Waals surface area contributed by atoms with E-state index in [1.165, 1.54) is 4.90 Å². The molecule has 3 aromatic carbocycles. The highest BCUT2D eigenvalue weighted by Gasteiger charge is 2.46. The molecule has 0 spiro atoms. The van der Waals surface area contributed by atoms with Crippen molar-refractivity contribution in [3.8, 4) is 5.75 Å². The van der Waals surface area contributed by atoms with E-state index in [-0.39, 0.29) is 35.8 Å². The molecule has 3 amide bonds. The van der Waals surface area contributed by atoms with E-state index in [0.29, 0.717) is 81.3 Å². The van der Waals surface area contributed by atoms with Crippen LogP contribution in [0.2, 0.25) is 0 Å². The highest BCUT2D eigenvalue weighted by molar-refractivity contribution is 5.95. The smallest absolute Gasteiger partial charge is 0.269 e. The number of nitrogens with zero attached hydrogens (tertiary/aromatic N) is 5. The second-order valence-corrected chi connectivity index (χ2v) is 16.2. The maximum atomic E-state index is 15.3. The fourth-order valence-corrected chi connectivity index (χ4v) is 8.64. The molecule has 0 aliphatic carbocycles. The molecule has 1 unspecified atom stereocenters. The second-order valence-electron chi connectivity index (χ2n) is 16.2. The molecule has 1 atom stereocenters. The predicted octanol–water partition coefficient (Wildman–Crippen LogP) is 6.65. The van der Waals surface area contributed by atoms with Crippen molar-refractivity contribution in [3.63, 3.8) is 0 Å². The summed E-state index contributed by atoms with van der Waals surface area (Å²) in [6.45, 7) is 14.9. The Morgan fingerprint density at radius 1 is 0.879 bits per heavy atom. The van der Waals surface area contributed by atoms with E-state index >= 15 is 8.78 Å². The fourth-order valence-electron chi connectivity index (χ4n) is 8.64. The largest absolute Gasteiger partial charge is 0.507 e. The van der Waals surface area contributed by atoms with Gasteiger partial charge in [-0.1, -0.05) is 64.1 Å². The number of rotatable bonds is 12. The molecule has 0 radical (unpaired) electrons. The van der Waals surface area contributed by atoms with Crippen LogP contribution in [0.3, 0.4) is 0 Å². The molecule has 4 aromatic rings. The van der Waals surface area contributed by atoms with Crippen molar-refractivity contribution >= 4 is 40.5 Å². The number of alkyl halides is 2. The van der Waals surface area contributed by atoms with Gasteiger partial charge >= 0.3 is 0 Å². The lowest BCUT2D eigenvalue weighted by atomic mass is 9.90. The number of carbonyl (C=O) groups is 3. The van der Waals surface area contributed by atoms with E-state index < -0.39 is 18.4 Å². The fraction of sp³-hybridized carbons (Fsp3) is 0.460. The van der Waals surface area contributed by atoms with Crippen LogP contribution in [-0.4, -0.2) is 121 Å². The van der Waals surface area contributed by atoms with Crippen LogP contribution in [-0.2, 0) is 14.3 Å². The van der Waals surface area contributed by atoms with Crippen molar-refractivity contribution in [1.29, 1.82) is 0 Å². The molecule has 66 heavy (non-hydrogen) atoms. The molecule has 3 aliphatic rings. The highest BCUT2D eigenvalue weighted by atomic mass is 19.3. The van der Waals surface area contributed by atoms with E-state index in [1.54, 1.807) is 60.7 Å². The first-order valence-corrected chi connectivity index (χ1v) is 23.1. The number of aromatic hydroxyl groups is 1. The molecule has 3 saturated heterocycles. The third kappa shape index (κ3) is 13.7. The van der Waals surface area contributed by atoms with Gasteiger partial charge in [0.15, 0.2) is 0 Å². The maximum absolute atomic E-state index is 15.3. The van der Waals surface area contributed by atoms with Crippen molar-refractivity contribution in [2.24, 2.45) is 23.1 Å². The number of nitrogens with two attached hydrogens (primary N) is 3. The minimum Gasteiger partial charge on any atom is -0.507 e. The minimum absolute atomic E-state index is 0.123. The standard InChI is InChI=1S/C32H39F2N5O3.C14H20N4O2.2C2H6/c1-23-19-27-28(36(2)15-14-30(41)35-22-40)9-6-10-29(27)39(23)26-12-16-37(17-13-26)20-25-11-18-38(21-32(25,33)34)31(42)24-7-4-3-5-8-24;15-11(10-3-1-2-4-13(10)19)9-12(14(16)17)18-5-7-20-8-6-18;2*1-2/h3-10,19,22,25-26H,11-18,20-21H2,1-2H3,(H,35,40,41);1-4,9,19H,5-8,15-17H2;2*1-2H3/b;11-9-;;. The van der Waals surface area contributed by atoms with Crippen LogP contribution in [0.25, 0.3) is 16.6 Å². The van der Waals surface area contributed by atoms with E-state index in [0.717, 1.165) is 48.2 Å². The number of halogens is 2. The number of benzene rings is 3. The van der Waals surface area contributed by atoms with Gasteiger partial charge < -0.3 is 51.2 Å². The van der Waals surface area contributed by atoms with E-state index in [9.17, 15) is 19.5 Å². The molecule has 14 nitrogen and oxygen atoms in total. The van der Waals surface area contributed by atoms with Crippen molar-refractivity contribution in [2.45, 2.75) is 72.3 Å². The molecule has 3 aliphatic heterocycles. The number of anilines is 1. The minimum atomic E-state index is -2.93. The van der Waals surface area contributed by atoms with Crippen LogP contribution in [0.1, 0.15) is 81.0 Å². The van der Waals surface area contributed by atoms with E-state index in [4.69, 9.17) is 21.9 Å². The number of aromatic nitrogens is 1. The van der Waals surface area contributed by atoms with Crippen molar-refractivity contribution in [2.75, 3.05) is 77.5 Å². The first kappa shape index (κ1) is 52.5. The summed E-state index contributed by atoms with van der Waals surface area (Å²) in [6, 6.07) is 24.1. The van der Waals surface area contributed by atoms with Crippen molar-refractivity contribution < 1.29 is 33.0 Å². The number of morpholine rings is 1.